The van der Waals surface area contributed by atoms with E-state index in [1.165, 1.54) is 0 Å². The highest BCUT2D eigenvalue weighted by molar-refractivity contribution is 7.19. The lowest BCUT2D eigenvalue weighted by atomic mass is 10.2. The van der Waals surface area contributed by atoms with Crippen LogP contribution < -0.4 is 22.1 Å². The van der Waals surface area contributed by atoms with Gasteiger partial charge in [-0.3, -0.25) is 9.59 Å². The van der Waals surface area contributed by atoms with E-state index in [9.17, 15) is 9.59 Å². The van der Waals surface area contributed by atoms with Crippen LogP contribution in [0.3, 0.4) is 0 Å². The third kappa shape index (κ3) is 4.61. The Morgan fingerprint density at radius 2 is 2.00 bits per heavy atom. The van der Waals surface area contributed by atoms with Crippen molar-refractivity contribution in [3.8, 4) is 0 Å². The van der Waals surface area contributed by atoms with Gasteiger partial charge in [-0.1, -0.05) is 0 Å². The fourth-order valence-corrected chi connectivity index (χ4v) is 2.89. The van der Waals surface area contributed by atoms with Crippen molar-refractivity contribution in [3.63, 3.8) is 0 Å². The topological polar surface area (TPSA) is 113 Å². The van der Waals surface area contributed by atoms with Crippen LogP contribution >= 0.6 is 11.3 Å². The monoisotopic (exact) mass is 313 g/mol. The maximum Gasteiger partial charge on any atom is 0.263 e. The average molecular weight is 313 g/mol. The van der Waals surface area contributed by atoms with Gasteiger partial charge >= 0.3 is 0 Å². The SMILES string of the molecule is CCNC(=O)c1sc(NCCCN(C)C)c(C(N)=O)c1N. The fraction of sp³-hybridized carbons (Fsp3) is 0.538. The van der Waals surface area contributed by atoms with E-state index in [2.05, 4.69) is 15.5 Å². The Morgan fingerprint density at radius 3 is 2.52 bits per heavy atom. The zero-order valence-corrected chi connectivity index (χ0v) is 13.5. The van der Waals surface area contributed by atoms with Crippen LogP contribution in [0.5, 0.6) is 0 Å². The molecule has 0 atom stereocenters. The van der Waals surface area contributed by atoms with Crippen molar-refractivity contribution in [3.05, 3.63) is 10.4 Å². The van der Waals surface area contributed by atoms with Crippen molar-refractivity contribution in [1.29, 1.82) is 0 Å². The Labute approximate surface area is 128 Å². The summed E-state index contributed by atoms with van der Waals surface area (Å²) in [5, 5.41) is 6.36. The molecular formula is C13H23N5O2S. The number of thiophene rings is 1. The minimum absolute atomic E-state index is 0.147. The maximum absolute atomic E-state index is 11.9. The number of nitrogens with zero attached hydrogens (tertiary/aromatic N) is 1. The van der Waals surface area contributed by atoms with Gasteiger partial charge in [0.1, 0.15) is 9.88 Å². The van der Waals surface area contributed by atoms with Gasteiger partial charge in [-0.15, -0.1) is 11.3 Å². The molecule has 0 radical (unpaired) electrons. The van der Waals surface area contributed by atoms with Gasteiger partial charge in [0, 0.05) is 13.1 Å². The standard InChI is InChI=1S/C13H23N5O2S/c1-4-16-12(20)10-9(14)8(11(15)19)13(21-10)17-6-5-7-18(2)3/h17H,4-7,14H2,1-3H3,(H2,15,19)(H,16,20). The highest BCUT2D eigenvalue weighted by Crippen LogP contribution is 2.35. The number of hydrogen-bond donors (Lipinski definition) is 4. The van der Waals surface area contributed by atoms with Crippen LogP contribution in [0.1, 0.15) is 33.4 Å². The Balaban J connectivity index is 2.89. The molecule has 6 N–H and O–H groups in total. The fourth-order valence-electron chi connectivity index (χ4n) is 1.82. The first-order valence-corrected chi connectivity index (χ1v) is 7.59. The molecule has 1 rings (SSSR count). The zero-order chi connectivity index (χ0) is 16.0. The molecule has 8 heteroatoms. The second-order valence-corrected chi connectivity index (χ2v) is 5.88. The summed E-state index contributed by atoms with van der Waals surface area (Å²) in [6.07, 6.45) is 0.902. The first-order chi connectivity index (χ1) is 9.88. The number of anilines is 2. The lowest BCUT2D eigenvalue weighted by molar-refractivity contribution is 0.0960. The number of nitrogens with one attached hydrogen (secondary N) is 2. The van der Waals surface area contributed by atoms with E-state index in [4.69, 9.17) is 11.5 Å². The van der Waals surface area contributed by atoms with Crippen LogP contribution in [0.15, 0.2) is 0 Å². The van der Waals surface area contributed by atoms with Crippen LogP contribution in [0.25, 0.3) is 0 Å². The molecule has 0 saturated heterocycles. The van der Waals surface area contributed by atoms with E-state index in [0.29, 0.717) is 23.0 Å². The summed E-state index contributed by atoms with van der Waals surface area (Å²) in [5.74, 6) is -0.918. The van der Waals surface area contributed by atoms with Crippen LogP contribution in [-0.4, -0.2) is 50.4 Å². The quantitative estimate of drug-likeness (QED) is 0.523. The van der Waals surface area contributed by atoms with Crippen LogP contribution in [0, 0.1) is 0 Å². The molecule has 0 spiro atoms. The molecule has 1 aromatic heterocycles. The largest absolute Gasteiger partial charge is 0.397 e. The van der Waals surface area contributed by atoms with Gasteiger partial charge in [0.05, 0.1) is 11.3 Å². The Hall–Kier alpha value is -1.80. The third-order valence-electron chi connectivity index (χ3n) is 2.80. The molecule has 0 fully saturated rings. The lowest BCUT2D eigenvalue weighted by Crippen LogP contribution is -2.23. The van der Waals surface area contributed by atoms with Crippen molar-refractivity contribution < 1.29 is 9.59 Å². The summed E-state index contributed by atoms with van der Waals surface area (Å²) in [7, 11) is 3.98. The van der Waals surface area contributed by atoms with E-state index in [0.717, 1.165) is 24.3 Å². The van der Waals surface area contributed by atoms with Gasteiger partial charge in [-0.05, 0) is 34.0 Å². The second kappa shape index (κ2) is 7.84. The first-order valence-electron chi connectivity index (χ1n) is 6.77. The Kier molecular flexibility index (Phi) is 6.44. The molecule has 0 unspecified atom stereocenters. The van der Waals surface area contributed by atoms with Gasteiger partial charge in [-0.25, -0.2) is 0 Å². The normalized spacial score (nSPS) is 10.7. The van der Waals surface area contributed by atoms with Crippen molar-refractivity contribution >= 4 is 33.8 Å². The molecule has 0 aliphatic heterocycles. The summed E-state index contributed by atoms with van der Waals surface area (Å²) in [6, 6.07) is 0. The molecule has 118 valence electrons. The average Bonchev–Trinajstić information content (AvgIpc) is 2.72. The molecule has 0 aliphatic carbocycles. The number of amides is 2. The van der Waals surface area contributed by atoms with Crippen molar-refractivity contribution in [1.82, 2.24) is 10.2 Å². The first kappa shape index (κ1) is 17.3. The molecule has 0 bridgehead atoms. The predicted molar refractivity (Wildman–Crippen MR) is 86.9 cm³/mol. The van der Waals surface area contributed by atoms with E-state index in [1.54, 1.807) is 0 Å². The number of primary amides is 1. The number of hydrogen-bond acceptors (Lipinski definition) is 6. The van der Waals surface area contributed by atoms with Crippen LogP contribution in [0.4, 0.5) is 10.7 Å². The molecule has 0 aromatic carbocycles. The summed E-state index contributed by atoms with van der Waals surface area (Å²) in [4.78, 5) is 25.8. The van der Waals surface area contributed by atoms with Crippen LogP contribution in [0.2, 0.25) is 0 Å². The molecule has 7 nitrogen and oxygen atoms in total. The maximum atomic E-state index is 11.9. The minimum Gasteiger partial charge on any atom is -0.397 e. The molecular weight excluding hydrogens is 290 g/mol. The van der Waals surface area contributed by atoms with E-state index in [-0.39, 0.29) is 17.2 Å². The van der Waals surface area contributed by atoms with Gasteiger partial charge in [0.2, 0.25) is 0 Å². The minimum atomic E-state index is -0.630. The van der Waals surface area contributed by atoms with E-state index in [1.807, 2.05) is 21.0 Å². The Morgan fingerprint density at radius 1 is 1.33 bits per heavy atom. The summed E-state index contributed by atoms with van der Waals surface area (Å²) >= 11 is 1.16. The van der Waals surface area contributed by atoms with Gasteiger partial charge in [0.15, 0.2) is 0 Å². The molecule has 1 aromatic rings. The lowest BCUT2D eigenvalue weighted by Gasteiger charge is -2.10. The van der Waals surface area contributed by atoms with Crippen molar-refractivity contribution in [2.75, 3.05) is 44.8 Å². The number of carbonyl (C=O) groups excluding carboxylic acids is 2. The smallest absolute Gasteiger partial charge is 0.263 e. The molecule has 2 amide bonds. The highest BCUT2D eigenvalue weighted by Gasteiger charge is 2.23. The molecule has 0 saturated carbocycles. The van der Waals surface area contributed by atoms with Crippen molar-refractivity contribution in [2.24, 2.45) is 5.73 Å². The summed E-state index contributed by atoms with van der Waals surface area (Å²) < 4.78 is 0. The zero-order valence-electron chi connectivity index (χ0n) is 12.7. The third-order valence-corrected chi connectivity index (χ3v) is 3.96. The summed E-state index contributed by atoms with van der Waals surface area (Å²) in [6.45, 7) is 3.90. The van der Waals surface area contributed by atoms with Gasteiger partial charge in [0.25, 0.3) is 11.8 Å². The summed E-state index contributed by atoms with van der Waals surface area (Å²) in [5.41, 5.74) is 11.6. The molecule has 0 aliphatic rings. The molecule has 21 heavy (non-hydrogen) atoms. The van der Waals surface area contributed by atoms with E-state index >= 15 is 0 Å². The van der Waals surface area contributed by atoms with E-state index < -0.39 is 5.91 Å². The van der Waals surface area contributed by atoms with Gasteiger partial charge < -0.3 is 27.0 Å². The predicted octanol–water partition coefficient (Wildman–Crippen LogP) is 0.543. The van der Waals surface area contributed by atoms with Crippen LogP contribution in [-0.2, 0) is 0 Å². The Bertz CT molecular complexity index is 513. The van der Waals surface area contributed by atoms with Gasteiger partial charge in [-0.2, -0.15) is 0 Å². The number of nitrogens with two attached hydrogens (primary N) is 2. The number of nitrogen functional groups attached to an aromatic ring is 1. The highest BCUT2D eigenvalue weighted by atomic mass is 32.1. The second-order valence-electron chi connectivity index (χ2n) is 4.86. The number of rotatable bonds is 8. The molecule has 1 heterocycles. The number of carbonyl (C=O) groups is 2. The van der Waals surface area contributed by atoms with Crippen molar-refractivity contribution in [2.45, 2.75) is 13.3 Å².